The van der Waals surface area contributed by atoms with E-state index in [4.69, 9.17) is 10.5 Å². The summed E-state index contributed by atoms with van der Waals surface area (Å²) in [5, 5.41) is 0. The number of nitrogens with two attached hydrogens (primary N) is 1. The van der Waals surface area contributed by atoms with Crippen LogP contribution in [0, 0.1) is 0 Å². The number of pyridine rings is 1. The third-order valence-electron chi connectivity index (χ3n) is 3.61. The normalized spacial score (nSPS) is 19.5. The highest BCUT2D eigenvalue weighted by molar-refractivity contribution is 5.53. The minimum atomic E-state index is 0.512. The third kappa shape index (κ3) is 3.60. The zero-order valence-corrected chi connectivity index (χ0v) is 11.8. The van der Waals surface area contributed by atoms with Crippen molar-refractivity contribution in [3.05, 3.63) is 18.3 Å². The van der Waals surface area contributed by atoms with E-state index in [0.29, 0.717) is 6.04 Å². The highest BCUT2D eigenvalue weighted by Crippen LogP contribution is 2.31. The van der Waals surface area contributed by atoms with Gasteiger partial charge >= 0.3 is 0 Å². The predicted molar refractivity (Wildman–Crippen MR) is 78.7 cm³/mol. The molecule has 0 bridgehead atoms. The SMILES string of the molecule is CCCOc1cccnc1N1CCCCC1CCN. The second kappa shape index (κ2) is 7.34. The second-order valence-corrected chi connectivity index (χ2v) is 5.09. The molecule has 2 rings (SSSR count). The number of ether oxygens (including phenoxy) is 1. The van der Waals surface area contributed by atoms with Gasteiger partial charge in [0.1, 0.15) is 0 Å². The first-order valence-corrected chi connectivity index (χ1v) is 7.41. The molecule has 1 atom stereocenters. The highest BCUT2D eigenvalue weighted by atomic mass is 16.5. The van der Waals surface area contributed by atoms with Gasteiger partial charge in [-0.15, -0.1) is 0 Å². The van der Waals surface area contributed by atoms with E-state index in [2.05, 4.69) is 16.8 Å². The van der Waals surface area contributed by atoms with Crippen molar-refractivity contribution in [2.24, 2.45) is 5.73 Å². The van der Waals surface area contributed by atoms with Gasteiger partial charge in [0.15, 0.2) is 11.6 Å². The zero-order valence-electron chi connectivity index (χ0n) is 11.8. The first-order valence-electron chi connectivity index (χ1n) is 7.41. The first-order chi connectivity index (χ1) is 9.36. The Balaban J connectivity index is 2.17. The molecule has 2 heterocycles. The van der Waals surface area contributed by atoms with Gasteiger partial charge in [-0.2, -0.15) is 0 Å². The fourth-order valence-electron chi connectivity index (χ4n) is 2.69. The van der Waals surface area contributed by atoms with Crippen molar-refractivity contribution in [3.8, 4) is 5.75 Å². The van der Waals surface area contributed by atoms with Crippen LogP contribution in [-0.4, -0.2) is 30.7 Å². The summed E-state index contributed by atoms with van der Waals surface area (Å²) in [6.45, 7) is 4.66. The van der Waals surface area contributed by atoms with Gasteiger partial charge in [-0.25, -0.2) is 4.98 Å². The quantitative estimate of drug-likeness (QED) is 0.857. The van der Waals surface area contributed by atoms with Gasteiger partial charge in [0.25, 0.3) is 0 Å². The summed E-state index contributed by atoms with van der Waals surface area (Å²) in [5.41, 5.74) is 5.74. The van der Waals surface area contributed by atoms with Crippen molar-refractivity contribution in [2.45, 2.75) is 45.1 Å². The third-order valence-corrected chi connectivity index (χ3v) is 3.61. The van der Waals surface area contributed by atoms with E-state index in [9.17, 15) is 0 Å². The topological polar surface area (TPSA) is 51.4 Å². The maximum atomic E-state index is 5.83. The minimum absolute atomic E-state index is 0.512. The van der Waals surface area contributed by atoms with Gasteiger partial charge in [-0.05, 0) is 50.8 Å². The molecule has 0 spiro atoms. The van der Waals surface area contributed by atoms with Crippen molar-refractivity contribution in [1.29, 1.82) is 0 Å². The second-order valence-electron chi connectivity index (χ2n) is 5.09. The monoisotopic (exact) mass is 263 g/mol. The molecular weight excluding hydrogens is 238 g/mol. The Kier molecular flexibility index (Phi) is 5.45. The summed E-state index contributed by atoms with van der Waals surface area (Å²) in [5.74, 6) is 1.90. The molecule has 4 heteroatoms. The van der Waals surface area contributed by atoms with Crippen LogP contribution in [0.4, 0.5) is 5.82 Å². The molecule has 106 valence electrons. The fourth-order valence-corrected chi connectivity index (χ4v) is 2.69. The lowest BCUT2D eigenvalue weighted by molar-refractivity contribution is 0.313. The van der Waals surface area contributed by atoms with E-state index in [1.807, 2.05) is 18.3 Å². The van der Waals surface area contributed by atoms with Crippen LogP contribution in [0.25, 0.3) is 0 Å². The Bertz CT molecular complexity index is 381. The Hall–Kier alpha value is -1.29. The molecule has 0 aliphatic carbocycles. The van der Waals surface area contributed by atoms with Gasteiger partial charge < -0.3 is 15.4 Å². The zero-order chi connectivity index (χ0) is 13.5. The summed E-state index contributed by atoms with van der Waals surface area (Å²) in [7, 11) is 0. The average Bonchev–Trinajstić information content (AvgIpc) is 2.46. The van der Waals surface area contributed by atoms with Crippen LogP contribution in [0.1, 0.15) is 39.0 Å². The summed E-state index contributed by atoms with van der Waals surface area (Å²) in [6, 6.07) is 4.47. The number of piperidine rings is 1. The van der Waals surface area contributed by atoms with Gasteiger partial charge in [0.2, 0.25) is 0 Å². The van der Waals surface area contributed by atoms with Crippen LogP contribution in [0.2, 0.25) is 0 Å². The number of nitrogens with zero attached hydrogens (tertiary/aromatic N) is 2. The molecule has 1 saturated heterocycles. The van der Waals surface area contributed by atoms with Crippen LogP contribution in [0.15, 0.2) is 18.3 Å². The summed E-state index contributed by atoms with van der Waals surface area (Å²) in [4.78, 5) is 6.94. The predicted octanol–water partition coefficient (Wildman–Crippen LogP) is 2.58. The summed E-state index contributed by atoms with van der Waals surface area (Å²) >= 11 is 0. The maximum absolute atomic E-state index is 5.83. The fraction of sp³-hybridized carbons (Fsp3) is 0.667. The molecule has 1 aliphatic heterocycles. The molecule has 19 heavy (non-hydrogen) atoms. The van der Waals surface area contributed by atoms with E-state index < -0.39 is 0 Å². The number of hydrogen-bond donors (Lipinski definition) is 1. The largest absolute Gasteiger partial charge is 0.490 e. The van der Waals surface area contributed by atoms with Crippen molar-refractivity contribution in [2.75, 3.05) is 24.6 Å². The molecule has 0 saturated carbocycles. The number of rotatable bonds is 6. The van der Waals surface area contributed by atoms with Gasteiger partial charge in [-0.3, -0.25) is 0 Å². The van der Waals surface area contributed by atoms with Crippen LogP contribution in [-0.2, 0) is 0 Å². The number of hydrogen-bond acceptors (Lipinski definition) is 4. The van der Waals surface area contributed by atoms with Gasteiger partial charge in [-0.1, -0.05) is 6.92 Å². The summed E-state index contributed by atoms with van der Waals surface area (Å²) in [6.07, 6.45) is 7.62. The van der Waals surface area contributed by atoms with Crippen molar-refractivity contribution in [1.82, 2.24) is 4.98 Å². The van der Waals surface area contributed by atoms with Crippen LogP contribution < -0.4 is 15.4 Å². The lowest BCUT2D eigenvalue weighted by Crippen LogP contribution is -2.41. The molecule has 1 aliphatic rings. The lowest BCUT2D eigenvalue weighted by atomic mass is 9.99. The molecule has 4 nitrogen and oxygen atoms in total. The summed E-state index contributed by atoms with van der Waals surface area (Å²) < 4.78 is 5.83. The van der Waals surface area contributed by atoms with E-state index >= 15 is 0 Å². The molecule has 2 N–H and O–H groups in total. The van der Waals surface area contributed by atoms with Crippen molar-refractivity contribution in [3.63, 3.8) is 0 Å². The molecule has 0 aromatic carbocycles. The maximum Gasteiger partial charge on any atom is 0.171 e. The Morgan fingerprint density at radius 1 is 1.47 bits per heavy atom. The van der Waals surface area contributed by atoms with Crippen LogP contribution in [0.5, 0.6) is 5.75 Å². The minimum Gasteiger partial charge on any atom is -0.490 e. The smallest absolute Gasteiger partial charge is 0.171 e. The molecule has 1 unspecified atom stereocenters. The van der Waals surface area contributed by atoms with E-state index in [1.54, 1.807) is 0 Å². The average molecular weight is 263 g/mol. The van der Waals surface area contributed by atoms with Crippen molar-refractivity contribution < 1.29 is 4.74 Å². The standard InChI is InChI=1S/C15H25N3O/c1-2-12-19-14-7-5-10-17-15(14)18-11-4-3-6-13(18)8-9-16/h5,7,10,13H,2-4,6,8-9,11-12,16H2,1H3. The van der Waals surface area contributed by atoms with E-state index in [0.717, 1.165) is 44.1 Å². The Morgan fingerprint density at radius 3 is 3.16 bits per heavy atom. The molecule has 0 radical (unpaired) electrons. The number of anilines is 1. The first kappa shape index (κ1) is 14.1. The van der Waals surface area contributed by atoms with Crippen LogP contribution in [0.3, 0.4) is 0 Å². The highest BCUT2D eigenvalue weighted by Gasteiger charge is 2.25. The lowest BCUT2D eigenvalue weighted by Gasteiger charge is -2.37. The van der Waals surface area contributed by atoms with E-state index in [-0.39, 0.29) is 0 Å². The molecule has 1 aromatic heterocycles. The number of aromatic nitrogens is 1. The van der Waals surface area contributed by atoms with E-state index in [1.165, 1.54) is 19.3 Å². The molecule has 1 aromatic rings. The van der Waals surface area contributed by atoms with Gasteiger partial charge in [0.05, 0.1) is 6.61 Å². The Labute approximate surface area is 116 Å². The van der Waals surface area contributed by atoms with Gasteiger partial charge in [0, 0.05) is 18.8 Å². The van der Waals surface area contributed by atoms with Crippen LogP contribution >= 0.6 is 0 Å². The molecule has 0 amide bonds. The van der Waals surface area contributed by atoms with Crippen molar-refractivity contribution >= 4 is 5.82 Å². The molecular formula is C15H25N3O. The molecule has 1 fully saturated rings. The Morgan fingerprint density at radius 2 is 2.37 bits per heavy atom.